The normalized spacial score (nSPS) is 16.0. The number of aromatic nitrogens is 3. The van der Waals surface area contributed by atoms with Crippen molar-refractivity contribution >= 4 is 22.6 Å². The highest BCUT2D eigenvalue weighted by molar-refractivity contribution is 5.83. The maximum Gasteiger partial charge on any atom is 0.237 e. The van der Waals surface area contributed by atoms with E-state index in [0.717, 1.165) is 55.5 Å². The van der Waals surface area contributed by atoms with Gasteiger partial charge in [0.2, 0.25) is 5.91 Å². The Kier molecular flexibility index (Phi) is 6.74. The monoisotopic (exact) mass is 434 g/mol. The van der Waals surface area contributed by atoms with Crippen molar-refractivity contribution in [1.29, 1.82) is 0 Å². The number of carbonyl (C=O) groups excluding carboxylic acids is 1. The van der Waals surface area contributed by atoms with E-state index in [0.29, 0.717) is 12.5 Å². The molecule has 32 heavy (non-hydrogen) atoms. The fourth-order valence-electron chi connectivity index (χ4n) is 4.31. The molecular weight excluding hydrogens is 400 g/mol. The number of nitrogens with one attached hydrogen (secondary N) is 2. The summed E-state index contributed by atoms with van der Waals surface area (Å²) < 4.78 is 0. The van der Waals surface area contributed by atoms with Gasteiger partial charge in [0.15, 0.2) is 0 Å². The summed E-state index contributed by atoms with van der Waals surface area (Å²) in [7, 11) is 0. The average Bonchev–Trinajstić information content (AvgIpc) is 3.21. The highest BCUT2D eigenvalue weighted by Crippen LogP contribution is 2.20. The summed E-state index contributed by atoms with van der Waals surface area (Å²) in [6, 6.07) is 10.2. The summed E-state index contributed by atoms with van der Waals surface area (Å²) in [4.78, 5) is 29.9. The largest absolute Gasteiger partial charge is 0.361 e. The molecule has 7 nitrogen and oxygen atoms in total. The highest BCUT2D eigenvalue weighted by Gasteiger charge is 2.26. The molecule has 2 aromatic heterocycles. The number of aromatic amines is 1. The number of fused-ring (bicyclic) bond motifs is 1. The number of hydrogen-bond donors (Lipinski definition) is 2. The molecule has 170 valence electrons. The van der Waals surface area contributed by atoms with E-state index in [1.165, 1.54) is 10.9 Å². The quantitative estimate of drug-likeness (QED) is 0.597. The maximum atomic E-state index is 12.8. The van der Waals surface area contributed by atoms with Gasteiger partial charge in [-0.2, -0.15) is 0 Å². The molecule has 7 heteroatoms. The summed E-state index contributed by atoms with van der Waals surface area (Å²) in [5, 5.41) is 4.35. The van der Waals surface area contributed by atoms with Crippen molar-refractivity contribution in [3.05, 3.63) is 53.6 Å². The van der Waals surface area contributed by atoms with E-state index >= 15 is 0 Å². The van der Waals surface area contributed by atoms with E-state index in [9.17, 15) is 4.79 Å². The van der Waals surface area contributed by atoms with Gasteiger partial charge in [0, 0.05) is 67.5 Å². The standard InChI is InChI=1S/C25H34N6O/c1-17(2)24-28-18(3)15-23(29-24)31-13-11-30(12-14-31)19(4)25(32)26-10-9-20-16-27-22-8-6-5-7-21(20)22/h5-8,15-17,19,27H,9-14H2,1-4H3,(H,26,32). The number of amides is 1. The van der Waals surface area contributed by atoms with Gasteiger partial charge in [-0.15, -0.1) is 0 Å². The van der Waals surface area contributed by atoms with Crippen LogP contribution in [0.3, 0.4) is 0 Å². The first-order valence-corrected chi connectivity index (χ1v) is 11.6. The van der Waals surface area contributed by atoms with Crippen molar-refractivity contribution < 1.29 is 4.79 Å². The highest BCUT2D eigenvalue weighted by atomic mass is 16.2. The number of carbonyl (C=O) groups is 1. The zero-order chi connectivity index (χ0) is 22.7. The maximum absolute atomic E-state index is 12.8. The van der Waals surface area contributed by atoms with Crippen LogP contribution in [0.1, 0.15) is 43.8 Å². The van der Waals surface area contributed by atoms with Crippen molar-refractivity contribution in [3.63, 3.8) is 0 Å². The number of rotatable bonds is 7. The lowest BCUT2D eigenvalue weighted by Crippen LogP contribution is -2.54. The van der Waals surface area contributed by atoms with E-state index in [1.807, 2.05) is 32.2 Å². The van der Waals surface area contributed by atoms with Gasteiger partial charge in [-0.05, 0) is 31.9 Å². The molecule has 0 bridgehead atoms. The summed E-state index contributed by atoms with van der Waals surface area (Å²) in [6.07, 6.45) is 2.86. The molecule has 3 aromatic rings. The predicted molar refractivity (Wildman–Crippen MR) is 129 cm³/mol. The Morgan fingerprint density at radius 2 is 1.88 bits per heavy atom. The van der Waals surface area contributed by atoms with Gasteiger partial charge in [0.25, 0.3) is 0 Å². The van der Waals surface area contributed by atoms with Crippen LogP contribution in [0.4, 0.5) is 5.82 Å². The lowest BCUT2D eigenvalue weighted by Gasteiger charge is -2.38. The molecule has 1 aromatic carbocycles. The van der Waals surface area contributed by atoms with Crippen LogP contribution in [0.2, 0.25) is 0 Å². The van der Waals surface area contributed by atoms with Crippen molar-refractivity contribution in [1.82, 2.24) is 25.2 Å². The fraction of sp³-hybridized carbons (Fsp3) is 0.480. The van der Waals surface area contributed by atoms with Crippen LogP contribution in [0.15, 0.2) is 36.5 Å². The average molecular weight is 435 g/mol. The Bertz CT molecular complexity index is 1070. The third-order valence-electron chi connectivity index (χ3n) is 6.31. The van der Waals surface area contributed by atoms with E-state index in [2.05, 4.69) is 57.1 Å². The Labute approximate surface area is 190 Å². The molecule has 4 rings (SSSR count). The van der Waals surface area contributed by atoms with Crippen LogP contribution >= 0.6 is 0 Å². The first kappa shape index (κ1) is 22.3. The van der Waals surface area contributed by atoms with Crippen LogP contribution in [0.25, 0.3) is 10.9 Å². The molecule has 1 fully saturated rings. The summed E-state index contributed by atoms with van der Waals surface area (Å²) in [6.45, 7) is 12.3. The van der Waals surface area contributed by atoms with E-state index in [-0.39, 0.29) is 11.9 Å². The zero-order valence-corrected chi connectivity index (χ0v) is 19.6. The lowest BCUT2D eigenvalue weighted by atomic mass is 10.1. The second kappa shape index (κ2) is 9.69. The molecule has 0 radical (unpaired) electrons. The van der Waals surface area contributed by atoms with Crippen molar-refractivity contribution in [2.45, 2.75) is 46.1 Å². The molecule has 1 saturated heterocycles. The minimum atomic E-state index is -0.140. The van der Waals surface area contributed by atoms with Gasteiger partial charge in [-0.25, -0.2) is 9.97 Å². The van der Waals surface area contributed by atoms with Crippen LogP contribution in [0.5, 0.6) is 0 Å². The minimum Gasteiger partial charge on any atom is -0.361 e. The predicted octanol–water partition coefficient (Wildman–Crippen LogP) is 3.26. The molecule has 2 N–H and O–H groups in total. The van der Waals surface area contributed by atoms with E-state index in [4.69, 9.17) is 4.98 Å². The summed E-state index contributed by atoms with van der Waals surface area (Å²) >= 11 is 0. The van der Waals surface area contributed by atoms with Crippen LogP contribution in [0, 0.1) is 6.92 Å². The van der Waals surface area contributed by atoms with E-state index < -0.39 is 0 Å². The first-order chi connectivity index (χ1) is 15.4. The zero-order valence-electron chi connectivity index (χ0n) is 19.6. The SMILES string of the molecule is Cc1cc(N2CCN(C(C)C(=O)NCCc3c[nH]c4ccccc34)CC2)nc(C(C)C)n1. The molecule has 1 amide bonds. The van der Waals surface area contributed by atoms with Crippen molar-refractivity contribution in [2.75, 3.05) is 37.6 Å². The molecular formula is C25H34N6O. The van der Waals surface area contributed by atoms with Gasteiger partial charge in [-0.1, -0.05) is 32.0 Å². The molecule has 1 aliphatic rings. The second-order valence-electron chi connectivity index (χ2n) is 8.98. The van der Waals surface area contributed by atoms with Crippen LogP contribution in [-0.4, -0.2) is 64.5 Å². The number of para-hydroxylation sites is 1. The van der Waals surface area contributed by atoms with Gasteiger partial charge in [0.05, 0.1) is 6.04 Å². The number of hydrogen-bond acceptors (Lipinski definition) is 5. The molecule has 1 aliphatic heterocycles. The van der Waals surface area contributed by atoms with Crippen LogP contribution in [-0.2, 0) is 11.2 Å². The molecule has 0 spiro atoms. The van der Waals surface area contributed by atoms with Crippen LogP contribution < -0.4 is 10.2 Å². The molecule has 0 saturated carbocycles. The second-order valence-corrected chi connectivity index (χ2v) is 8.98. The summed E-state index contributed by atoms with van der Waals surface area (Å²) in [5.41, 5.74) is 3.38. The third-order valence-corrected chi connectivity index (χ3v) is 6.31. The van der Waals surface area contributed by atoms with Gasteiger partial charge in [0.1, 0.15) is 11.6 Å². The smallest absolute Gasteiger partial charge is 0.237 e. The molecule has 1 atom stereocenters. The first-order valence-electron chi connectivity index (χ1n) is 11.6. The van der Waals surface area contributed by atoms with Crippen molar-refractivity contribution in [3.8, 4) is 0 Å². The number of piperazine rings is 1. The Hall–Kier alpha value is -2.93. The number of aryl methyl sites for hydroxylation is 1. The van der Waals surface area contributed by atoms with Gasteiger partial charge < -0.3 is 15.2 Å². The van der Waals surface area contributed by atoms with Gasteiger partial charge in [-0.3, -0.25) is 9.69 Å². The van der Waals surface area contributed by atoms with E-state index in [1.54, 1.807) is 0 Å². The number of anilines is 1. The number of nitrogens with zero attached hydrogens (tertiary/aromatic N) is 4. The Morgan fingerprint density at radius 3 is 2.62 bits per heavy atom. The summed E-state index contributed by atoms with van der Waals surface area (Å²) in [5.74, 6) is 2.29. The Balaban J connectivity index is 1.27. The number of benzene rings is 1. The molecule has 1 unspecified atom stereocenters. The van der Waals surface area contributed by atoms with Crippen molar-refractivity contribution in [2.24, 2.45) is 0 Å². The third kappa shape index (κ3) is 4.93. The lowest BCUT2D eigenvalue weighted by molar-refractivity contribution is -0.125. The minimum absolute atomic E-state index is 0.0956. The Morgan fingerprint density at radius 1 is 1.12 bits per heavy atom. The topological polar surface area (TPSA) is 77.1 Å². The number of H-pyrrole nitrogens is 1. The molecule has 3 heterocycles. The fourth-order valence-corrected chi connectivity index (χ4v) is 4.31. The van der Waals surface area contributed by atoms with Gasteiger partial charge >= 0.3 is 0 Å². The molecule has 0 aliphatic carbocycles.